The first kappa shape index (κ1) is 11.9. The molecule has 1 aliphatic rings. The van der Waals surface area contributed by atoms with Crippen LogP contribution in [-0.4, -0.2) is 28.9 Å². The molecule has 0 heterocycles. The van der Waals surface area contributed by atoms with Gasteiger partial charge >= 0.3 is 0 Å². The lowest BCUT2D eigenvalue weighted by atomic mass is 10.1. The molecule has 0 aliphatic heterocycles. The first-order valence-electron chi connectivity index (χ1n) is 5.45. The van der Waals surface area contributed by atoms with Crippen molar-refractivity contribution in [3.8, 4) is 0 Å². The summed E-state index contributed by atoms with van der Waals surface area (Å²) in [5.41, 5.74) is 0.707. The zero-order chi connectivity index (χ0) is 11.6. The van der Waals surface area contributed by atoms with Crippen LogP contribution in [0.4, 0.5) is 0 Å². The standard InChI is InChI=1S/C12H16ClNO2/c13-10-3-1-9(2-4-10)11(16)7-14-12(8-15)5-6-12/h1-4,11,14-16H,5-8H2. The van der Waals surface area contributed by atoms with Crippen LogP contribution in [0.15, 0.2) is 24.3 Å². The maximum absolute atomic E-state index is 9.91. The number of benzene rings is 1. The van der Waals surface area contributed by atoms with E-state index in [0.717, 1.165) is 18.4 Å². The number of aliphatic hydroxyl groups is 2. The number of halogens is 1. The maximum atomic E-state index is 9.91. The van der Waals surface area contributed by atoms with Crippen LogP contribution >= 0.6 is 11.6 Å². The van der Waals surface area contributed by atoms with Crippen molar-refractivity contribution in [2.24, 2.45) is 0 Å². The molecule has 1 aliphatic carbocycles. The summed E-state index contributed by atoms with van der Waals surface area (Å²) in [6, 6.07) is 7.15. The van der Waals surface area contributed by atoms with Gasteiger partial charge in [-0.05, 0) is 30.5 Å². The monoisotopic (exact) mass is 241 g/mol. The van der Waals surface area contributed by atoms with Gasteiger partial charge in [0.1, 0.15) is 0 Å². The quantitative estimate of drug-likeness (QED) is 0.732. The molecular formula is C12H16ClNO2. The molecule has 16 heavy (non-hydrogen) atoms. The molecule has 1 unspecified atom stereocenters. The third-order valence-corrected chi connectivity index (χ3v) is 3.33. The number of hydrogen-bond donors (Lipinski definition) is 3. The molecule has 4 heteroatoms. The number of rotatable bonds is 5. The third-order valence-electron chi connectivity index (χ3n) is 3.08. The molecule has 1 saturated carbocycles. The van der Waals surface area contributed by atoms with E-state index in [4.69, 9.17) is 16.7 Å². The highest BCUT2D eigenvalue weighted by Crippen LogP contribution is 2.34. The fourth-order valence-corrected chi connectivity index (χ4v) is 1.78. The Balaban J connectivity index is 1.88. The Morgan fingerprint density at radius 3 is 2.44 bits per heavy atom. The third kappa shape index (κ3) is 2.74. The summed E-state index contributed by atoms with van der Waals surface area (Å²) in [6.07, 6.45) is 1.41. The molecule has 1 aromatic carbocycles. The summed E-state index contributed by atoms with van der Waals surface area (Å²) < 4.78 is 0. The Bertz CT molecular complexity index is 349. The second-order valence-corrected chi connectivity index (χ2v) is 4.82. The van der Waals surface area contributed by atoms with E-state index < -0.39 is 6.10 Å². The molecule has 1 atom stereocenters. The smallest absolute Gasteiger partial charge is 0.0914 e. The summed E-state index contributed by atoms with van der Waals surface area (Å²) >= 11 is 5.77. The van der Waals surface area contributed by atoms with Gasteiger partial charge in [-0.15, -0.1) is 0 Å². The molecule has 88 valence electrons. The van der Waals surface area contributed by atoms with E-state index in [1.807, 2.05) is 12.1 Å². The maximum Gasteiger partial charge on any atom is 0.0914 e. The largest absolute Gasteiger partial charge is 0.394 e. The molecule has 3 nitrogen and oxygen atoms in total. The number of aliphatic hydroxyl groups excluding tert-OH is 2. The van der Waals surface area contributed by atoms with E-state index >= 15 is 0 Å². The highest BCUT2D eigenvalue weighted by Gasteiger charge is 2.41. The van der Waals surface area contributed by atoms with Crippen molar-refractivity contribution in [2.45, 2.75) is 24.5 Å². The van der Waals surface area contributed by atoms with Gasteiger partial charge in [-0.25, -0.2) is 0 Å². The minimum absolute atomic E-state index is 0.132. The Labute approximate surface area is 100 Å². The predicted molar refractivity (Wildman–Crippen MR) is 63.5 cm³/mol. The Kier molecular flexibility index (Phi) is 3.50. The van der Waals surface area contributed by atoms with Gasteiger partial charge in [0.05, 0.1) is 12.7 Å². The van der Waals surface area contributed by atoms with Crippen molar-refractivity contribution < 1.29 is 10.2 Å². The topological polar surface area (TPSA) is 52.5 Å². The van der Waals surface area contributed by atoms with Crippen molar-refractivity contribution in [3.63, 3.8) is 0 Å². The van der Waals surface area contributed by atoms with Gasteiger partial charge in [0, 0.05) is 17.1 Å². The SMILES string of the molecule is OCC1(NCC(O)c2ccc(Cl)cc2)CC1. The lowest BCUT2D eigenvalue weighted by Gasteiger charge is -2.18. The van der Waals surface area contributed by atoms with E-state index in [1.54, 1.807) is 12.1 Å². The zero-order valence-corrected chi connectivity index (χ0v) is 9.74. The molecule has 1 aromatic rings. The lowest BCUT2D eigenvalue weighted by molar-refractivity contribution is 0.154. The molecular weight excluding hydrogens is 226 g/mol. The van der Waals surface area contributed by atoms with E-state index in [9.17, 15) is 5.11 Å². The minimum Gasteiger partial charge on any atom is -0.394 e. The van der Waals surface area contributed by atoms with Gasteiger partial charge in [0.2, 0.25) is 0 Å². The first-order valence-corrected chi connectivity index (χ1v) is 5.82. The van der Waals surface area contributed by atoms with Crippen LogP contribution in [0.1, 0.15) is 24.5 Å². The van der Waals surface area contributed by atoms with Crippen LogP contribution in [0, 0.1) is 0 Å². The summed E-state index contributed by atoms with van der Waals surface area (Å²) in [5.74, 6) is 0. The Morgan fingerprint density at radius 1 is 1.31 bits per heavy atom. The average Bonchev–Trinajstić information content (AvgIpc) is 3.08. The first-order chi connectivity index (χ1) is 7.65. The molecule has 3 N–H and O–H groups in total. The number of β-amino-alcohol motifs (C(OH)–C–C–N with tert-alkyl or cyclic N) is 1. The van der Waals surface area contributed by atoms with Crippen LogP contribution in [0.5, 0.6) is 0 Å². The molecule has 0 radical (unpaired) electrons. The number of hydrogen-bond acceptors (Lipinski definition) is 3. The second-order valence-electron chi connectivity index (χ2n) is 4.39. The van der Waals surface area contributed by atoms with Crippen LogP contribution in [0.3, 0.4) is 0 Å². The normalized spacial score (nSPS) is 19.4. The molecule has 0 saturated heterocycles. The van der Waals surface area contributed by atoms with Gasteiger partial charge in [0.25, 0.3) is 0 Å². The van der Waals surface area contributed by atoms with Crippen molar-refractivity contribution in [2.75, 3.05) is 13.2 Å². The van der Waals surface area contributed by atoms with E-state index in [0.29, 0.717) is 11.6 Å². The van der Waals surface area contributed by atoms with Gasteiger partial charge in [-0.1, -0.05) is 23.7 Å². The predicted octanol–water partition coefficient (Wildman–Crippen LogP) is 1.49. The summed E-state index contributed by atoms with van der Waals surface area (Å²) in [5, 5.41) is 22.9. The highest BCUT2D eigenvalue weighted by molar-refractivity contribution is 6.30. The van der Waals surface area contributed by atoms with Crippen molar-refractivity contribution in [1.29, 1.82) is 0 Å². The van der Waals surface area contributed by atoms with Gasteiger partial charge in [-0.3, -0.25) is 0 Å². The zero-order valence-electron chi connectivity index (χ0n) is 8.99. The van der Waals surface area contributed by atoms with Crippen LogP contribution < -0.4 is 5.32 Å². The van der Waals surface area contributed by atoms with E-state index in [2.05, 4.69) is 5.32 Å². The van der Waals surface area contributed by atoms with Crippen LogP contribution in [-0.2, 0) is 0 Å². The highest BCUT2D eigenvalue weighted by atomic mass is 35.5. The van der Waals surface area contributed by atoms with Gasteiger partial charge in [-0.2, -0.15) is 0 Å². The van der Waals surface area contributed by atoms with Crippen molar-refractivity contribution in [3.05, 3.63) is 34.9 Å². The molecule has 0 amide bonds. The minimum atomic E-state index is -0.554. The molecule has 1 fully saturated rings. The van der Waals surface area contributed by atoms with E-state index in [1.165, 1.54) is 0 Å². The second kappa shape index (κ2) is 4.72. The van der Waals surface area contributed by atoms with Crippen LogP contribution in [0.2, 0.25) is 5.02 Å². The Morgan fingerprint density at radius 2 is 1.94 bits per heavy atom. The van der Waals surface area contributed by atoms with Crippen LogP contribution in [0.25, 0.3) is 0 Å². The van der Waals surface area contributed by atoms with E-state index in [-0.39, 0.29) is 12.1 Å². The average molecular weight is 242 g/mol. The van der Waals surface area contributed by atoms with Gasteiger partial charge in [0.15, 0.2) is 0 Å². The molecule has 0 aromatic heterocycles. The van der Waals surface area contributed by atoms with Crippen molar-refractivity contribution >= 4 is 11.6 Å². The summed E-state index contributed by atoms with van der Waals surface area (Å²) in [4.78, 5) is 0. The fraction of sp³-hybridized carbons (Fsp3) is 0.500. The Hall–Kier alpha value is -0.610. The molecule has 0 spiro atoms. The summed E-state index contributed by atoms with van der Waals surface area (Å²) in [7, 11) is 0. The molecule has 0 bridgehead atoms. The van der Waals surface area contributed by atoms with Crippen molar-refractivity contribution in [1.82, 2.24) is 5.32 Å². The fourth-order valence-electron chi connectivity index (χ4n) is 1.66. The lowest BCUT2D eigenvalue weighted by Crippen LogP contribution is -2.37. The number of nitrogens with one attached hydrogen (secondary N) is 1. The van der Waals surface area contributed by atoms with Gasteiger partial charge < -0.3 is 15.5 Å². The summed E-state index contributed by atoms with van der Waals surface area (Å²) in [6.45, 7) is 0.600. The molecule has 2 rings (SSSR count).